The third kappa shape index (κ3) is 2.38. The molecule has 0 aromatic heterocycles. The SMILES string of the molecule is NC1CCC(C(=O)NC2(CO)CCC2)CC1. The van der Waals surface area contributed by atoms with Gasteiger partial charge in [0.25, 0.3) is 0 Å². The summed E-state index contributed by atoms with van der Waals surface area (Å²) >= 11 is 0. The van der Waals surface area contributed by atoms with E-state index in [0.717, 1.165) is 44.9 Å². The van der Waals surface area contributed by atoms with Crippen LogP contribution in [-0.2, 0) is 4.79 Å². The first-order chi connectivity index (χ1) is 7.65. The van der Waals surface area contributed by atoms with Crippen LogP contribution in [-0.4, -0.2) is 29.2 Å². The van der Waals surface area contributed by atoms with Crippen LogP contribution in [0.5, 0.6) is 0 Å². The first-order valence-corrected chi connectivity index (χ1v) is 6.34. The molecule has 0 saturated heterocycles. The highest BCUT2D eigenvalue weighted by Gasteiger charge is 2.39. The second-order valence-electron chi connectivity index (χ2n) is 5.39. The number of aliphatic hydroxyl groups is 1. The predicted octanol–water partition coefficient (Wildman–Crippen LogP) is 0.535. The largest absolute Gasteiger partial charge is 0.394 e. The molecular weight excluding hydrogens is 204 g/mol. The minimum Gasteiger partial charge on any atom is -0.394 e. The van der Waals surface area contributed by atoms with Crippen molar-refractivity contribution in [2.45, 2.75) is 56.5 Å². The van der Waals surface area contributed by atoms with Crippen molar-refractivity contribution in [2.24, 2.45) is 11.7 Å². The fraction of sp³-hybridized carbons (Fsp3) is 0.917. The monoisotopic (exact) mass is 226 g/mol. The summed E-state index contributed by atoms with van der Waals surface area (Å²) in [4.78, 5) is 12.0. The van der Waals surface area contributed by atoms with E-state index in [4.69, 9.17) is 5.73 Å². The molecule has 92 valence electrons. The lowest BCUT2D eigenvalue weighted by molar-refractivity contribution is -0.130. The lowest BCUT2D eigenvalue weighted by atomic mass is 9.76. The molecule has 0 aliphatic heterocycles. The van der Waals surface area contributed by atoms with Crippen molar-refractivity contribution < 1.29 is 9.90 Å². The highest BCUT2D eigenvalue weighted by molar-refractivity contribution is 5.79. The van der Waals surface area contributed by atoms with Gasteiger partial charge in [-0.05, 0) is 44.9 Å². The Morgan fingerprint density at radius 1 is 1.31 bits per heavy atom. The summed E-state index contributed by atoms with van der Waals surface area (Å²) in [5, 5.41) is 12.3. The quantitative estimate of drug-likeness (QED) is 0.657. The molecule has 0 heterocycles. The van der Waals surface area contributed by atoms with Crippen molar-refractivity contribution in [1.82, 2.24) is 5.32 Å². The van der Waals surface area contributed by atoms with Gasteiger partial charge in [0.15, 0.2) is 0 Å². The van der Waals surface area contributed by atoms with E-state index in [1.54, 1.807) is 0 Å². The maximum atomic E-state index is 12.0. The molecule has 2 rings (SSSR count). The van der Waals surface area contributed by atoms with Crippen molar-refractivity contribution in [3.8, 4) is 0 Å². The van der Waals surface area contributed by atoms with Crippen LogP contribution in [0.4, 0.5) is 0 Å². The zero-order chi connectivity index (χ0) is 11.6. The summed E-state index contributed by atoms with van der Waals surface area (Å²) in [6, 6.07) is 0.277. The summed E-state index contributed by atoms with van der Waals surface area (Å²) in [7, 11) is 0. The van der Waals surface area contributed by atoms with Crippen LogP contribution in [0.25, 0.3) is 0 Å². The maximum Gasteiger partial charge on any atom is 0.223 e. The highest BCUT2D eigenvalue weighted by Crippen LogP contribution is 2.32. The van der Waals surface area contributed by atoms with Gasteiger partial charge in [-0.15, -0.1) is 0 Å². The highest BCUT2D eigenvalue weighted by atomic mass is 16.3. The van der Waals surface area contributed by atoms with Gasteiger partial charge in [-0.25, -0.2) is 0 Å². The molecule has 2 saturated carbocycles. The Labute approximate surface area is 96.6 Å². The number of nitrogens with one attached hydrogen (secondary N) is 1. The van der Waals surface area contributed by atoms with Gasteiger partial charge in [0.2, 0.25) is 5.91 Å². The second kappa shape index (κ2) is 4.72. The second-order valence-corrected chi connectivity index (χ2v) is 5.39. The zero-order valence-corrected chi connectivity index (χ0v) is 9.74. The number of hydrogen-bond acceptors (Lipinski definition) is 3. The van der Waals surface area contributed by atoms with Crippen LogP contribution in [0.3, 0.4) is 0 Å². The van der Waals surface area contributed by atoms with Gasteiger partial charge < -0.3 is 16.2 Å². The molecule has 16 heavy (non-hydrogen) atoms. The van der Waals surface area contributed by atoms with Crippen LogP contribution in [0.15, 0.2) is 0 Å². The third-order valence-corrected chi connectivity index (χ3v) is 4.14. The molecular formula is C12H22N2O2. The molecule has 2 aliphatic carbocycles. The number of carbonyl (C=O) groups excluding carboxylic acids is 1. The molecule has 0 aromatic carbocycles. The fourth-order valence-electron chi connectivity index (χ4n) is 2.67. The van der Waals surface area contributed by atoms with E-state index in [2.05, 4.69) is 5.32 Å². The number of carbonyl (C=O) groups is 1. The Bertz CT molecular complexity index is 250. The fourth-order valence-corrected chi connectivity index (χ4v) is 2.67. The molecule has 4 nitrogen and oxygen atoms in total. The number of nitrogens with two attached hydrogens (primary N) is 1. The Balaban J connectivity index is 1.83. The van der Waals surface area contributed by atoms with Gasteiger partial charge in [0, 0.05) is 12.0 Å². The summed E-state index contributed by atoms with van der Waals surface area (Å²) in [5.74, 6) is 0.240. The average Bonchev–Trinajstić information content (AvgIpc) is 2.24. The molecule has 4 N–H and O–H groups in total. The normalized spacial score (nSPS) is 32.9. The van der Waals surface area contributed by atoms with Crippen molar-refractivity contribution in [1.29, 1.82) is 0 Å². The smallest absolute Gasteiger partial charge is 0.223 e. The van der Waals surface area contributed by atoms with Gasteiger partial charge in [0.1, 0.15) is 0 Å². The molecule has 2 fully saturated rings. The Kier molecular flexibility index (Phi) is 3.50. The van der Waals surface area contributed by atoms with E-state index in [1.165, 1.54) is 0 Å². The lowest BCUT2D eigenvalue weighted by Gasteiger charge is -2.42. The topological polar surface area (TPSA) is 75.4 Å². The number of rotatable bonds is 3. The van der Waals surface area contributed by atoms with Gasteiger partial charge >= 0.3 is 0 Å². The van der Waals surface area contributed by atoms with Crippen LogP contribution in [0.2, 0.25) is 0 Å². The van der Waals surface area contributed by atoms with Crippen molar-refractivity contribution >= 4 is 5.91 Å². The minimum absolute atomic E-state index is 0.0744. The molecule has 4 heteroatoms. The van der Waals surface area contributed by atoms with E-state index in [-0.39, 0.29) is 30.0 Å². The molecule has 1 amide bonds. The molecule has 0 bridgehead atoms. The van der Waals surface area contributed by atoms with Crippen LogP contribution < -0.4 is 11.1 Å². The number of hydrogen-bond donors (Lipinski definition) is 3. The van der Waals surface area contributed by atoms with E-state index < -0.39 is 0 Å². The summed E-state index contributed by atoms with van der Waals surface area (Å²) in [5.41, 5.74) is 5.52. The molecule has 0 radical (unpaired) electrons. The van der Waals surface area contributed by atoms with Gasteiger partial charge in [-0.2, -0.15) is 0 Å². The van der Waals surface area contributed by atoms with E-state index in [0.29, 0.717) is 0 Å². The van der Waals surface area contributed by atoms with E-state index in [9.17, 15) is 9.90 Å². The maximum absolute atomic E-state index is 12.0. The predicted molar refractivity (Wildman–Crippen MR) is 61.7 cm³/mol. The van der Waals surface area contributed by atoms with E-state index in [1.807, 2.05) is 0 Å². The van der Waals surface area contributed by atoms with Gasteiger partial charge in [-0.1, -0.05) is 0 Å². The Hall–Kier alpha value is -0.610. The van der Waals surface area contributed by atoms with Crippen molar-refractivity contribution in [3.63, 3.8) is 0 Å². The molecule has 0 aromatic rings. The van der Waals surface area contributed by atoms with E-state index >= 15 is 0 Å². The van der Waals surface area contributed by atoms with Crippen LogP contribution in [0, 0.1) is 5.92 Å². The van der Waals surface area contributed by atoms with Gasteiger partial charge in [-0.3, -0.25) is 4.79 Å². The summed E-state index contributed by atoms with van der Waals surface area (Å²) in [6.45, 7) is 0.0744. The first kappa shape index (κ1) is 11.9. The first-order valence-electron chi connectivity index (χ1n) is 6.34. The Morgan fingerprint density at radius 3 is 2.38 bits per heavy atom. The lowest BCUT2D eigenvalue weighted by Crippen LogP contribution is -2.57. The Morgan fingerprint density at radius 2 is 1.94 bits per heavy atom. The molecule has 0 spiro atoms. The standard InChI is InChI=1S/C12H22N2O2/c13-10-4-2-9(3-5-10)11(16)14-12(8-15)6-1-7-12/h9-10,15H,1-8,13H2,(H,14,16). The number of amides is 1. The van der Waals surface area contributed by atoms with Crippen molar-refractivity contribution in [2.75, 3.05) is 6.61 Å². The molecule has 2 aliphatic rings. The van der Waals surface area contributed by atoms with Crippen molar-refractivity contribution in [3.05, 3.63) is 0 Å². The van der Waals surface area contributed by atoms with Gasteiger partial charge in [0.05, 0.1) is 12.1 Å². The zero-order valence-electron chi connectivity index (χ0n) is 9.74. The number of aliphatic hydroxyl groups excluding tert-OH is 1. The third-order valence-electron chi connectivity index (χ3n) is 4.14. The molecule has 0 atom stereocenters. The summed E-state index contributed by atoms with van der Waals surface area (Å²) < 4.78 is 0. The molecule has 0 unspecified atom stereocenters. The van der Waals surface area contributed by atoms with Crippen LogP contribution in [0.1, 0.15) is 44.9 Å². The average molecular weight is 226 g/mol. The summed E-state index contributed by atoms with van der Waals surface area (Å²) in [6.07, 6.45) is 6.64. The minimum atomic E-state index is -0.295. The van der Waals surface area contributed by atoms with Crippen LogP contribution >= 0.6 is 0 Å².